The third-order valence-corrected chi connectivity index (χ3v) is 8.07. The van der Waals surface area contributed by atoms with Gasteiger partial charge in [0.05, 0.1) is 17.8 Å². The zero-order valence-electron chi connectivity index (χ0n) is 25.1. The Morgan fingerprint density at radius 2 is 1.77 bits per heavy atom. The lowest BCUT2D eigenvalue weighted by Crippen LogP contribution is -2.53. The van der Waals surface area contributed by atoms with E-state index in [1.165, 1.54) is 16.7 Å². The molecule has 1 atom stereocenters. The molecule has 1 N–H and O–H groups in total. The van der Waals surface area contributed by atoms with Crippen molar-refractivity contribution in [1.29, 1.82) is 0 Å². The zero-order chi connectivity index (χ0) is 29.0. The van der Waals surface area contributed by atoms with Crippen LogP contribution in [0, 0.1) is 13.8 Å². The number of nitrogens with zero attached hydrogens (tertiary/aromatic N) is 4. The Kier molecular flexibility index (Phi) is 9.46. The standard InChI is InChI=1S/C33H44N4O3/c1-8-25-11-10-12-26(9-2)31(25)32-34-24(7)28(20-40-29-17-27(21(3)4)14-13-22(29)5)33(35-32)37-16-15-36(19-30(38)39)23(6)18-37/h10-14,17,21,23H,8-9,15-16,18-20H2,1-7H3,(H,38,39). The molecule has 1 aliphatic heterocycles. The number of hydrogen-bond donors (Lipinski definition) is 1. The number of carboxylic acids is 1. The van der Waals surface area contributed by atoms with Gasteiger partial charge < -0.3 is 14.7 Å². The maximum absolute atomic E-state index is 11.4. The van der Waals surface area contributed by atoms with Crippen molar-refractivity contribution >= 4 is 11.8 Å². The van der Waals surface area contributed by atoms with Gasteiger partial charge in [0.15, 0.2) is 5.82 Å². The quantitative estimate of drug-likeness (QED) is 0.326. The van der Waals surface area contributed by atoms with Crippen LogP contribution in [0.2, 0.25) is 0 Å². The van der Waals surface area contributed by atoms with Gasteiger partial charge in [0.2, 0.25) is 0 Å². The van der Waals surface area contributed by atoms with Crippen LogP contribution in [0.4, 0.5) is 5.82 Å². The second-order valence-corrected chi connectivity index (χ2v) is 11.2. The maximum atomic E-state index is 11.4. The minimum Gasteiger partial charge on any atom is -0.488 e. The van der Waals surface area contributed by atoms with Crippen LogP contribution in [0.25, 0.3) is 11.4 Å². The summed E-state index contributed by atoms with van der Waals surface area (Å²) in [5.41, 5.74) is 7.85. The average molecular weight is 545 g/mol. The number of anilines is 1. The molecule has 7 heteroatoms. The molecule has 4 rings (SSSR count). The number of aromatic nitrogens is 2. The van der Waals surface area contributed by atoms with E-state index in [0.717, 1.165) is 52.6 Å². The van der Waals surface area contributed by atoms with E-state index >= 15 is 0 Å². The minimum atomic E-state index is -0.795. The highest BCUT2D eigenvalue weighted by atomic mass is 16.5. The molecule has 0 radical (unpaired) electrons. The van der Waals surface area contributed by atoms with Crippen LogP contribution in [-0.4, -0.2) is 58.2 Å². The third-order valence-electron chi connectivity index (χ3n) is 8.07. The molecule has 1 fully saturated rings. The molecule has 2 heterocycles. The smallest absolute Gasteiger partial charge is 0.317 e. The monoisotopic (exact) mass is 544 g/mol. The summed E-state index contributed by atoms with van der Waals surface area (Å²) in [5.74, 6) is 2.14. The van der Waals surface area contributed by atoms with E-state index in [4.69, 9.17) is 14.7 Å². The Hall–Kier alpha value is -3.45. The van der Waals surface area contributed by atoms with Gasteiger partial charge in [0.1, 0.15) is 18.2 Å². The summed E-state index contributed by atoms with van der Waals surface area (Å²) in [7, 11) is 0. The highest BCUT2D eigenvalue weighted by Crippen LogP contribution is 2.33. The summed E-state index contributed by atoms with van der Waals surface area (Å²) in [5, 5.41) is 9.37. The second kappa shape index (κ2) is 12.8. The van der Waals surface area contributed by atoms with Gasteiger partial charge in [-0.05, 0) is 67.9 Å². The van der Waals surface area contributed by atoms with Crippen LogP contribution in [-0.2, 0) is 24.2 Å². The Morgan fingerprint density at radius 1 is 1.07 bits per heavy atom. The van der Waals surface area contributed by atoms with Crippen LogP contribution < -0.4 is 9.64 Å². The number of aryl methyl sites for hydroxylation is 4. The lowest BCUT2D eigenvalue weighted by atomic mass is 9.96. The summed E-state index contributed by atoms with van der Waals surface area (Å²) in [6.45, 7) is 17.4. The van der Waals surface area contributed by atoms with Gasteiger partial charge >= 0.3 is 5.97 Å². The van der Waals surface area contributed by atoms with Crippen molar-refractivity contribution in [2.75, 3.05) is 31.1 Å². The van der Waals surface area contributed by atoms with E-state index in [2.05, 4.69) is 89.8 Å². The predicted octanol–water partition coefficient (Wildman–Crippen LogP) is 6.18. The second-order valence-electron chi connectivity index (χ2n) is 11.2. The molecule has 214 valence electrons. The third kappa shape index (κ3) is 6.47. The Labute approximate surface area is 239 Å². The van der Waals surface area contributed by atoms with E-state index in [1.54, 1.807) is 0 Å². The zero-order valence-corrected chi connectivity index (χ0v) is 25.1. The molecule has 0 amide bonds. The molecule has 0 spiro atoms. The van der Waals surface area contributed by atoms with Gasteiger partial charge in [-0.3, -0.25) is 9.69 Å². The lowest BCUT2D eigenvalue weighted by molar-refractivity contribution is -0.139. The van der Waals surface area contributed by atoms with Crippen molar-refractivity contribution in [2.45, 2.75) is 79.9 Å². The lowest BCUT2D eigenvalue weighted by Gasteiger charge is -2.40. The Bertz CT molecular complexity index is 1330. The van der Waals surface area contributed by atoms with Crippen molar-refractivity contribution in [2.24, 2.45) is 0 Å². The number of rotatable bonds is 10. The van der Waals surface area contributed by atoms with Gasteiger partial charge in [0.25, 0.3) is 0 Å². The first kappa shape index (κ1) is 29.5. The van der Waals surface area contributed by atoms with Crippen molar-refractivity contribution in [3.05, 3.63) is 69.9 Å². The summed E-state index contributed by atoms with van der Waals surface area (Å²) in [6.07, 6.45) is 1.81. The molecule has 1 saturated heterocycles. The SMILES string of the molecule is CCc1cccc(CC)c1-c1nc(C)c(COc2cc(C(C)C)ccc2C)c(N2CCN(CC(=O)O)C(C)C2)n1. The van der Waals surface area contributed by atoms with Crippen molar-refractivity contribution in [3.8, 4) is 17.1 Å². The molecule has 1 aliphatic rings. The fourth-order valence-corrected chi connectivity index (χ4v) is 5.53. The molecule has 1 unspecified atom stereocenters. The van der Waals surface area contributed by atoms with E-state index in [0.29, 0.717) is 32.2 Å². The highest BCUT2D eigenvalue weighted by Gasteiger charge is 2.29. The van der Waals surface area contributed by atoms with Gasteiger partial charge in [-0.2, -0.15) is 0 Å². The van der Waals surface area contributed by atoms with Crippen molar-refractivity contribution in [3.63, 3.8) is 0 Å². The summed E-state index contributed by atoms with van der Waals surface area (Å²) in [6, 6.07) is 13.0. The number of hydrogen-bond acceptors (Lipinski definition) is 6. The highest BCUT2D eigenvalue weighted by molar-refractivity contribution is 5.69. The molecule has 3 aromatic rings. The fourth-order valence-electron chi connectivity index (χ4n) is 5.53. The predicted molar refractivity (Wildman–Crippen MR) is 161 cm³/mol. The van der Waals surface area contributed by atoms with Gasteiger partial charge in [-0.1, -0.05) is 58.0 Å². The maximum Gasteiger partial charge on any atom is 0.317 e. The first-order valence-corrected chi connectivity index (χ1v) is 14.6. The number of benzene rings is 2. The molecular formula is C33H44N4O3. The largest absolute Gasteiger partial charge is 0.488 e. The molecule has 1 aromatic heterocycles. The van der Waals surface area contributed by atoms with Crippen LogP contribution >= 0.6 is 0 Å². The molecule has 0 bridgehead atoms. The van der Waals surface area contributed by atoms with E-state index in [9.17, 15) is 9.90 Å². The first-order chi connectivity index (χ1) is 19.1. The van der Waals surface area contributed by atoms with Crippen LogP contribution in [0.3, 0.4) is 0 Å². The van der Waals surface area contributed by atoms with E-state index in [1.807, 2.05) is 4.90 Å². The summed E-state index contributed by atoms with van der Waals surface area (Å²) >= 11 is 0. The average Bonchev–Trinajstić information content (AvgIpc) is 2.93. The normalized spacial score (nSPS) is 16.0. The number of ether oxygens (including phenoxy) is 1. The van der Waals surface area contributed by atoms with Gasteiger partial charge in [-0.15, -0.1) is 0 Å². The molecule has 0 aliphatic carbocycles. The number of piperazine rings is 1. The number of carbonyl (C=O) groups is 1. The Balaban J connectivity index is 1.77. The molecule has 0 saturated carbocycles. The van der Waals surface area contributed by atoms with Gasteiger partial charge in [-0.25, -0.2) is 9.97 Å². The first-order valence-electron chi connectivity index (χ1n) is 14.6. The Morgan fingerprint density at radius 3 is 2.38 bits per heavy atom. The summed E-state index contributed by atoms with van der Waals surface area (Å²) < 4.78 is 6.47. The topological polar surface area (TPSA) is 78.8 Å². The van der Waals surface area contributed by atoms with E-state index in [-0.39, 0.29) is 12.6 Å². The number of carboxylic acid groups (broad SMARTS) is 1. The van der Waals surface area contributed by atoms with E-state index < -0.39 is 5.97 Å². The van der Waals surface area contributed by atoms with Crippen LogP contribution in [0.1, 0.15) is 74.0 Å². The van der Waals surface area contributed by atoms with Crippen molar-refractivity contribution in [1.82, 2.24) is 14.9 Å². The summed E-state index contributed by atoms with van der Waals surface area (Å²) in [4.78, 5) is 26.0. The minimum absolute atomic E-state index is 0.0498. The van der Waals surface area contributed by atoms with Gasteiger partial charge in [0, 0.05) is 31.2 Å². The van der Waals surface area contributed by atoms with Crippen LogP contribution in [0.15, 0.2) is 36.4 Å². The number of aliphatic carboxylic acids is 1. The molecule has 2 aromatic carbocycles. The van der Waals surface area contributed by atoms with Crippen LogP contribution in [0.5, 0.6) is 5.75 Å². The molecular weight excluding hydrogens is 500 g/mol. The fraction of sp³-hybridized carbons (Fsp3) is 0.485. The molecule has 40 heavy (non-hydrogen) atoms. The van der Waals surface area contributed by atoms with Crippen molar-refractivity contribution < 1.29 is 14.6 Å². The molecule has 7 nitrogen and oxygen atoms in total.